The van der Waals surface area contributed by atoms with Crippen molar-refractivity contribution < 1.29 is 19.1 Å². The molecule has 1 unspecified atom stereocenters. The van der Waals surface area contributed by atoms with Gasteiger partial charge in [0.05, 0.1) is 28.3 Å². The molecule has 8 heteroatoms. The minimum absolute atomic E-state index is 0.148. The molecular formula is C19H22Cl2N2O4. The second-order valence-electron chi connectivity index (χ2n) is 6.12. The van der Waals surface area contributed by atoms with Gasteiger partial charge in [0.2, 0.25) is 0 Å². The summed E-state index contributed by atoms with van der Waals surface area (Å²) in [7, 11) is 1.53. The number of halogens is 2. The number of aryl methyl sites for hydroxylation is 1. The zero-order valence-electron chi connectivity index (χ0n) is 15.6. The van der Waals surface area contributed by atoms with Gasteiger partial charge < -0.3 is 19.8 Å². The molecule has 0 fully saturated rings. The monoisotopic (exact) mass is 412 g/mol. The summed E-state index contributed by atoms with van der Waals surface area (Å²) in [5, 5.41) is 3.76. The van der Waals surface area contributed by atoms with Crippen molar-refractivity contribution in [1.29, 1.82) is 0 Å². The van der Waals surface area contributed by atoms with Gasteiger partial charge in [0.15, 0.2) is 0 Å². The van der Waals surface area contributed by atoms with Crippen molar-refractivity contribution in [2.45, 2.75) is 26.8 Å². The van der Waals surface area contributed by atoms with Crippen molar-refractivity contribution >= 4 is 35.1 Å². The summed E-state index contributed by atoms with van der Waals surface area (Å²) in [5.41, 5.74) is 2.60. The third-order valence-corrected chi connectivity index (χ3v) is 4.92. The van der Waals surface area contributed by atoms with Gasteiger partial charge in [0, 0.05) is 12.8 Å². The molecule has 1 aromatic heterocycles. The van der Waals surface area contributed by atoms with Gasteiger partial charge in [-0.15, -0.1) is 0 Å². The highest BCUT2D eigenvalue weighted by Crippen LogP contribution is 2.26. The van der Waals surface area contributed by atoms with Gasteiger partial charge >= 0.3 is 5.97 Å². The normalized spacial score (nSPS) is 11.9. The van der Waals surface area contributed by atoms with Crippen LogP contribution in [-0.4, -0.2) is 37.2 Å². The van der Waals surface area contributed by atoms with Gasteiger partial charge in [-0.3, -0.25) is 4.79 Å². The van der Waals surface area contributed by atoms with Gasteiger partial charge in [0.1, 0.15) is 12.3 Å². The Hall–Kier alpha value is -2.02. The number of carbonyl (C=O) groups excluding carboxylic acids is 2. The quantitative estimate of drug-likeness (QED) is 0.526. The maximum atomic E-state index is 12.7. The molecule has 0 bridgehead atoms. The average molecular weight is 413 g/mol. The Morgan fingerprint density at radius 2 is 1.89 bits per heavy atom. The van der Waals surface area contributed by atoms with E-state index in [1.54, 1.807) is 32.0 Å². The van der Waals surface area contributed by atoms with Crippen molar-refractivity contribution in [3.05, 3.63) is 56.3 Å². The number of nitrogens with one attached hydrogen (secondary N) is 2. The Kier molecular flexibility index (Phi) is 7.30. The van der Waals surface area contributed by atoms with E-state index >= 15 is 0 Å². The van der Waals surface area contributed by atoms with Crippen molar-refractivity contribution in [2.24, 2.45) is 0 Å². The van der Waals surface area contributed by atoms with Crippen LogP contribution in [0.5, 0.6) is 0 Å². The summed E-state index contributed by atoms with van der Waals surface area (Å²) >= 11 is 12.0. The lowest BCUT2D eigenvalue weighted by Crippen LogP contribution is -2.27. The zero-order chi connectivity index (χ0) is 20.1. The molecule has 6 nitrogen and oxygen atoms in total. The fraction of sp³-hybridized carbons (Fsp3) is 0.368. The molecule has 0 aliphatic heterocycles. The first-order valence-corrected chi connectivity index (χ1v) is 9.12. The molecule has 0 saturated heterocycles. The van der Waals surface area contributed by atoms with E-state index in [0.717, 1.165) is 5.56 Å². The average Bonchev–Trinajstić information content (AvgIpc) is 2.92. The second kappa shape index (κ2) is 9.26. The van der Waals surface area contributed by atoms with Crippen molar-refractivity contribution in [3.63, 3.8) is 0 Å². The molecule has 0 aliphatic carbocycles. The lowest BCUT2D eigenvalue weighted by atomic mass is 10.1. The third kappa shape index (κ3) is 5.03. The van der Waals surface area contributed by atoms with E-state index < -0.39 is 5.97 Å². The van der Waals surface area contributed by atoms with Crippen LogP contribution in [0.25, 0.3) is 0 Å². The van der Waals surface area contributed by atoms with E-state index in [1.807, 2.05) is 6.92 Å². The molecule has 2 N–H and O–H groups in total. The summed E-state index contributed by atoms with van der Waals surface area (Å²) < 4.78 is 10.0. The van der Waals surface area contributed by atoms with Crippen LogP contribution < -0.4 is 5.32 Å². The Balaban J connectivity index is 2.15. The molecule has 0 aliphatic rings. The van der Waals surface area contributed by atoms with Crippen LogP contribution in [0.1, 0.15) is 50.6 Å². The number of aromatic nitrogens is 1. The summed E-state index contributed by atoms with van der Waals surface area (Å²) in [4.78, 5) is 27.9. The number of aromatic amines is 1. The van der Waals surface area contributed by atoms with Crippen LogP contribution >= 0.6 is 23.2 Å². The number of hydrogen-bond acceptors (Lipinski definition) is 4. The highest BCUT2D eigenvalue weighted by atomic mass is 35.5. The number of esters is 1. The second-order valence-corrected chi connectivity index (χ2v) is 6.94. The Morgan fingerprint density at radius 1 is 1.19 bits per heavy atom. The van der Waals surface area contributed by atoms with Crippen LogP contribution in [0.3, 0.4) is 0 Å². The molecule has 146 valence electrons. The maximum Gasteiger partial charge on any atom is 0.340 e. The zero-order valence-corrected chi connectivity index (χ0v) is 17.1. The van der Waals surface area contributed by atoms with Gasteiger partial charge in [-0.2, -0.15) is 0 Å². The highest BCUT2D eigenvalue weighted by molar-refractivity contribution is 6.42. The first-order valence-electron chi connectivity index (χ1n) is 8.37. The number of rotatable bonds is 7. The molecule has 1 atom stereocenters. The summed E-state index contributed by atoms with van der Waals surface area (Å²) in [6, 6.07) is 4.89. The molecule has 0 radical (unpaired) electrons. The number of H-pyrrole nitrogens is 1. The SMILES string of the molecule is COCCOC(=O)c1c(C)[nH]c(C(=O)NC(C)c2ccc(Cl)c(Cl)c2)c1C. The topological polar surface area (TPSA) is 80.4 Å². The largest absolute Gasteiger partial charge is 0.460 e. The minimum atomic E-state index is -0.491. The van der Waals surface area contributed by atoms with E-state index in [4.69, 9.17) is 32.7 Å². The predicted octanol–water partition coefficient (Wildman–Crippen LogP) is 4.23. The fourth-order valence-electron chi connectivity index (χ4n) is 2.71. The number of benzene rings is 1. The summed E-state index contributed by atoms with van der Waals surface area (Å²) in [5.74, 6) is -0.819. The molecular weight excluding hydrogens is 391 g/mol. The van der Waals surface area contributed by atoms with Gasteiger partial charge in [-0.25, -0.2) is 4.79 Å². The van der Waals surface area contributed by atoms with E-state index in [2.05, 4.69) is 10.3 Å². The van der Waals surface area contributed by atoms with Crippen LogP contribution in [0.15, 0.2) is 18.2 Å². The Labute approximate surface area is 168 Å². The third-order valence-electron chi connectivity index (χ3n) is 4.18. The van der Waals surface area contributed by atoms with Crippen LogP contribution in [0.2, 0.25) is 10.0 Å². The molecule has 2 aromatic rings. The molecule has 0 spiro atoms. The molecule has 2 rings (SSSR count). The first-order chi connectivity index (χ1) is 12.8. The molecule has 27 heavy (non-hydrogen) atoms. The van der Waals surface area contributed by atoms with E-state index in [0.29, 0.717) is 39.2 Å². The van der Waals surface area contributed by atoms with Gasteiger partial charge in [-0.05, 0) is 44.0 Å². The van der Waals surface area contributed by atoms with Crippen LogP contribution in [0, 0.1) is 13.8 Å². The van der Waals surface area contributed by atoms with E-state index in [-0.39, 0.29) is 18.6 Å². The Bertz CT molecular complexity index is 848. The van der Waals surface area contributed by atoms with E-state index in [1.165, 1.54) is 7.11 Å². The van der Waals surface area contributed by atoms with Crippen LogP contribution in [0.4, 0.5) is 0 Å². The maximum absolute atomic E-state index is 12.7. The smallest absolute Gasteiger partial charge is 0.340 e. The number of carbonyl (C=O) groups is 2. The van der Waals surface area contributed by atoms with E-state index in [9.17, 15) is 9.59 Å². The number of ether oxygens (including phenoxy) is 2. The Morgan fingerprint density at radius 3 is 2.52 bits per heavy atom. The minimum Gasteiger partial charge on any atom is -0.460 e. The van der Waals surface area contributed by atoms with Crippen molar-refractivity contribution in [3.8, 4) is 0 Å². The molecule has 1 heterocycles. The highest BCUT2D eigenvalue weighted by Gasteiger charge is 2.24. The number of methoxy groups -OCH3 is 1. The molecule has 0 saturated carbocycles. The molecule has 1 amide bonds. The standard InChI is InChI=1S/C19H22Cl2N2O4/c1-10-16(19(25)27-8-7-26-4)12(3)22-17(10)18(24)23-11(2)13-5-6-14(20)15(21)9-13/h5-6,9,11,22H,7-8H2,1-4H3,(H,23,24). The number of hydrogen-bond donors (Lipinski definition) is 2. The summed E-state index contributed by atoms with van der Waals surface area (Å²) in [6.07, 6.45) is 0. The predicted molar refractivity (Wildman–Crippen MR) is 105 cm³/mol. The fourth-order valence-corrected chi connectivity index (χ4v) is 3.01. The lowest BCUT2D eigenvalue weighted by molar-refractivity contribution is 0.0387. The summed E-state index contributed by atoms with van der Waals surface area (Å²) in [6.45, 7) is 5.72. The lowest BCUT2D eigenvalue weighted by Gasteiger charge is -2.15. The first kappa shape index (κ1) is 21.3. The van der Waals surface area contributed by atoms with Gasteiger partial charge in [0.25, 0.3) is 5.91 Å². The van der Waals surface area contributed by atoms with Crippen LogP contribution in [-0.2, 0) is 9.47 Å². The number of amides is 1. The van der Waals surface area contributed by atoms with Gasteiger partial charge in [-0.1, -0.05) is 29.3 Å². The van der Waals surface area contributed by atoms with Crippen molar-refractivity contribution in [1.82, 2.24) is 10.3 Å². The van der Waals surface area contributed by atoms with Crippen molar-refractivity contribution in [2.75, 3.05) is 20.3 Å². The molecule has 1 aromatic carbocycles.